The molecule has 0 amide bonds. The van der Waals surface area contributed by atoms with Crippen LogP contribution in [0, 0.1) is 0 Å². The molecule has 3 aromatic rings. The van der Waals surface area contributed by atoms with E-state index < -0.39 is 0 Å². The number of benzene rings is 2. The molecule has 1 saturated heterocycles. The maximum Gasteiger partial charge on any atom is 0.230 e. The third-order valence-electron chi connectivity index (χ3n) is 4.57. The topological polar surface area (TPSA) is 71.2 Å². The summed E-state index contributed by atoms with van der Waals surface area (Å²) in [5.74, 6) is 1.47. The lowest BCUT2D eigenvalue weighted by atomic mass is 10.2. The predicted molar refractivity (Wildman–Crippen MR) is 110 cm³/mol. The van der Waals surface area contributed by atoms with Crippen LogP contribution in [0.15, 0.2) is 60.7 Å². The first-order valence-corrected chi connectivity index (χ1v) is 9.07. The zero-order chi connectivity index (χ0) is 18.5. The molecule has 4 rings (SSSR count). The van der Waals surface area contributed by atoms with Crippen molar-refractivity contribution in [3.05, 3.63) is 72.1 Å². The first-order valence-electron chi connectivity index (χ1n) is 9.07. The van der Waals surface area contributed by atoms with E-state index in [4.69, 9.17) is 5.73 Å². The first kappa shape index (κ1) is 17.0. The van der Waals surface area contributed by atoms with Crippen molar-refractivity contribution in [3.8, 4) is 0 Å². The molecule has 1 aliphatic heterocycles. The molecule has 2 N–H and O–H groups in total. The van der Waals surface area contributed by atoms with Gasteiger partial charge in [0.1, 0.15) is 0 Å². The summed E-state index contributed by atoms with van der Waals surface area (Å²) < 4.78 is 0. The number of aromatic nitrogens is 3. The largest absolute Gasteiger partial charge is 0.368 e. The molecule has 0 bridgehead atoms. The molecule has 0 radical (unpaired) electrons. The van der Waals surface area contributed by atoms with Gasteiger partial charge < -0.3 is 15.5 Å². The summed E-state index contributed by atoms with van der Waals surface area (Å²) in [6.07, 6.45) is 3.85. The van der Waals surface area contributed by atoms with E-state index in [0.29, 0.717) is 11.8 Å². The van der Waals surface area contributed by atoms with Crippen LogP contribution in [0.1, 0.15) is 11.4 Å². The number of anilines is 3. The van der Waals surface area contributed by atoms with Crippen LogP contribution < -0.4 is 15.5 Å². The van der Waals surface area contributed by atoms with E-state index in [2.05, 4.69) is 49.0 Å². The second kappa shape index (κ2) is 7.86. The lowest BCUT2D eigenvalue weighted by Gasteiger charge is -2.36. The third kappa shape index (κ3) is 4.23. The van der Waals surface area contributed by atoms with Gasteiger partial charge in [-0.2, -0.15) is 15.0 Å². The van der Waals surface area contributed by atoms with Crippen molar-refractivity contribution in [2.75, 3.05) is 41.7 Å². The molecule has 6 nitrogen and oxygen atoms in total. The van der Waals surface area contributed by atoms with Gasteiger partial charge in [0.15, 0.2) is 5.82 Å². The fourth-order valence-electron chi connectivity index (χ4n) is 3.15. The predicted octanol–water partition coefficient (Wildman–Crippen LogP) is 2.95. The highest BCUT2D eigenvalue weighted by molar-refractivity contribution is 5.67. The van der Waals surface area contributed by atoms with E-state index in [1.807, 2.05) is 48.6 Å². The highest BCUT2D eigenvalue weighted by Gasteiger charge is 2.20. The van der Waals surface area contributed by atoms with E-state index in [1.54, 1.807) is 0 Å². The van der Waals surface area contributed by atoms with Crippen molar-refractivity contribution in [1.29, 1.82) is 0 Å². The Morgan fingerprint density at radius 1 is 0.704 bits per heavy atom. The summed E-state index contributed by atoms with van der Waals surface area (Å²) in [7, 11) is 0. The van der Waals surface area contributed by atoms with E-state index in [0.717, 1.165) is 31.7 Å². The van der Waals surface area contributed by atoms with Crippen molar-refractivity contribution in [2.24, 2.45) is 0 Å². The molecular weight excluding hydrogens is 336 g/mol. The van der Waals surface area contributed by atoms with Crippen LogP contribution in [-0.4, -0.2) is 41.1 Å². The molecule has 0 saturated carbocycles. The fraction of sp³-hybridized carbons (Fsp3) is 0.190. The Morgan fingerprint density at radius 2 is 1.33 bits per heavy atom. The zero-order valence-corrected chi connectivity index (χ0v) is 15.1. The Kier molecular flexibility index (Phi) is 4.96. The van der Waals surface area contributed by atoms with Gasteiger partial charge in [0.25, 0.3) is 0 Å². The normalized spacial score (nSPS) is 14.7. The smallest absolute Gasteiger partial charge is 0.230 e. The van der Waals surface area contributed by atoms with Gasteiger partial charge in [-0.05, 0) is 23.8 Å². The van der Waals surface area contributed by atoms with Gasteiger partial charge in [-0.15, -0.1) is 0 Å². The summed E-state index contributed by atoms with van der Waals surface area (Å²) in [4.78, 5) is 17.7. The Bertz CT molecular complexity index is 902. The van der Waals surface area contributed by atoms with Gasteiger partial charge in [-0.3, -0.25) is 0 Å². The molecule has 0 aliphatic carbocycles. The van der Waals surface area contributed by atoms with E-state index in [9.17, 15) is 0 Å². The van der Waals surface area contributed by atoms with Crippen molar-refractivity contribution in [2.45, 2.75) is 0 Å². The van der Waals surface area contributed by atoms with E-state index in [1.165, 1.54) is 5.69 Å². The average molecular weight is 358 g/mol. The molecular formula is C21H22N6. The number of piperazine rings is 1. The van der Waals surface area contributed by atoms with Gasteiger partial charge in [-0.25, -0.2) is 0 Å². The zero-order valence-electron chi connectivity index (χ0n) is 15.1. The van der Waals surface area contributed by atoms with Crippen LogP contribution in [0.4, 0.5) is 17.6 Å². The first-order chi connectivity index (χ1) is 13.3. The molecule has 136 valence electrons. The number of hydrogen-bond acceptors (Lipinski definition) is 6. The lowest BCUT2D eigenvalue weighted by Crippen LogP contribution is -2.47. The highest BCUT2D eigenvalue weighted by Crippen LogP contribution is 2.18. The fourth-order valence-corrected chi connectivity index (χ4v) is 3.15. The Balaban J connectivity index is 1.46. The third-order valence-corrected chi connectivity index (χ3v) is 4.57. The van der Waals surface area contributed by atoms with Crippen LogP contribution in [0.3, 0.4) is 0 Å². The molecule has 0 spiro atoms. The van der Waals surface area contributed by atoms with Crippen LogP contribution in [0.2, 0.25) is 0 Å². The van der Waals surface area contributed by atoms with Crippen LogP contribution >= 0.6 is 0 Å². The minimum Gasteiger partial charge on any atom is -0.368 e. The van der Waals surface area contributed by atoms with E-state index >= 15 is 0 Å². The molecule has 6 heteroatoms. The second-order valence-electron chi connectivity index (χ2n) is 6.41. The summed E-state index contributed by atoms with van der Waals surface area (Å²) in [5.41, 5.74) is 8.26. The SMILES string of the molecule is Nc1nc(/C=C\c2ccccc2)nc(N2CCN(c3ccccc3)CC2)n1. The Hall–Kier alpha value is -3.41. The second-order valence-corrected chi connectivity index (χ2v) is 6.41. The van der Waals surface area contributed by atoms with E-state index in [-0.39, 0.29) is 5.95 Å². The number of para-hydroxylation sites is 1. The molecule has 1 aromatic heterocycles. The summed E-state index contributed by atoms with van der Waals surface area (Å²) in [5, 5.41) is 0. The number of hydrogen-bond donors (Lipinski definition) is 1. The van der Waals surface area contributed by atoms with Gasteiger partial charge in [0, 0.05) is 31.9 Å². The Labute approximate surface area is 159 Å². The summed E-state index contributed by atoms with van der Waals surface area (Å²) in [6, 6.07) is 20.5. The van der Waals surface area contributed by atoms with Crippen LogP contribution in [-0.2, 0) is 0 Å². The maximum absolute atomic E-state index is 5.92. The van der Waals surface area contributed by atoms with Crippen molar-refractivity contribution >= 4 is 29.7 Å². The minimum absolute atomic E-state index is 0.248. The van der Waals surface area contributed by atoms with Crippen molar-refractivity contribution in [3.63, 3.8) is 0 Å². The summed E-state index contributed by atoms with van der Waals surface area (Å²) >= 11 is 0. The number of rotatable bonds is 4. The molecule has 1 fully saturated rings. The minimum atomic E-state index is 0.248. The van der Waals surface area contributed by atoms with Gasteiger partial charge in [0.05, 0.1) is 0 Å². The van der Waals surface area contributed by atoms with Crippen molar-refractivity contribution < 1.29 is 0 Å². The van der Waals surface area contributed by atoms with Crippen LogP contribution in [0.25, 0.3) is 12.2 Å². The Morgan fingerprint density at radius 3 is 2.04 bits per heavy atom. The van der Waals surface area contributed by atoms with Gasteiger partial charge in [0.2, 0.25) is 11.9 Å². The number of nitrogens with zero attached hydrogens (tertiary/aromatic N) is 5. The standard InChI is InChI=1S/C21H22N6/c22-20-23-19(12-11-17-7-3-1-4-8-17)24-21(25-20)27-15-13-26(14-16-27)18-9-5-2-6-10-18/h1-12H,13-16H2,(H2,22,23,24,25)/b12-11-. The molecule has 2 heterocycles. The van der Waals surface area contributed by atoms with Crippen molar-refractivity contribution in [1.82, 2.24) is 15.0 Å². The summed E-state index contributed by atoms with van der Waals surface area (Å²) in [6.45, 7) is 3.54. The monoisotopic (exact) mass is 358 g/mol. The average Bonchev–Trinajstić information content (AvgIpc) is 2.73. The lowest BCUT2D eigenvalue weighted by molar-refractivity contribution is 0.638. The van der Waals surface area contributed by atoms with Crippen LogP contribution in [0.5, 0.6) is 0 Å². The molecule has 0 unspecified atom stereocenters. The molecule has 0 atom stereocenters. The molecule has 1 aliphatic rings. The number of nitrogens with two attached hydrogens (primary N) is 1. The highest BCUT2D eigenvalue weighted by atomic mass is 15.3. The quantitative estimate of drug-likeness (QED) is 0.773. The van der Waals surface area contributed by atoms with Gasteiger partial charge >= 0.3 is 0 Å². The molecule has 27 heavy (non-hydrogen) atoms. The van der Waals surface area contributed by atoms with Gasteiger partial charge in [-0.1, -0.05) is 54.6 Å². The maximum atomic E-state index is 5.92. The molecule has 2 aromatic carbocycles. The number of nitrogen functional groups attached to an aromatic ring is 1.